The van der Waals surface area contributed by atoms with E-state index in [0.717, 1.165) is 0 Å². The third-order valence-corrected chi connectivity index (χ3v) is 1.97. The number of aliphatic hydroxyl groups is 1. The SMILES string of the molecule is COC(OC)C(C)(C)C(O)C(=O)O. The lowest BCUT2D eigenvalue weighted by Gasteiger charge is -2.33. The normalized spacial score (nSPS) is 14.6. The minimum Gasteiger partial charge on any atom is -0.479 e. The van der Waals surface area contributed by atoms with Gasteiger partial charge in [-0.2, -0.15) is 0 Å². The van der Waals surface area contributed by atoms with E-state index in [-0.39, 0.29) is 0 Å². The second-order valence-electron chi connectivity index (χ2n) is 3.37. The van der Waals surface area contributed by atoms with Crippen molar-refractivity contribution in [2.24, 2.45) is 5.41 Å². The van der Waals surface area contributed by atoms with Gasteiger partial charge in [-0.1, -0.05) is 13.8 Å². The van der Waals surface area contributed by atoms with Crippen molar-refractivity contribution >= 4 is 5.97 Å². The lowest BCUT2D eigenvalue weighted by Crippen LogP contribution is -2.46. The molecule has 0 aromatic heterocycles. The van der Waals surface area contributed by atoms with Gasteiger partial charge in [0.1, 0.15) is 0 Å². The van der Waals surface area contributed by atoms with Crippen molar-refractivity contribution < 1.29 is 24.5 Å². The highest BCUT2D eigenvalue weighted by Gasteiger charge is 2.41. The number of ether oxygens (including phenoxy) is 2. The largest absolute Gasteiger partial charge is 0.479 e. The Hall–Kier alpha value is -0.650. The molecule has 0 amide bonds. The summed E-state index contributed by atoms with van der Waals surface area (Å²) in [6.07, 6.45) is -2.27. The summed E-state index contributed by atoms with van der Waals surface area (Å²) in [4.78, 5) is 10.5. The molecule has 0 aliphatic heterocycles. The van der Waals surface area contributed by atoms with Crippen molar-refractivity contribution in [3.8, 4) is 0 Å². The molecule has 0 bridgehead atoms. The lowest BCUT2D eigenvalue weighted by molar-refractivity contribution is -0.205. The fourth-order valence-corrected chi connectivity index (χ4v) is 1.15. The van der Waals surface area contributed by atoms with Gasteiger partial charge in [0.2, 0.25) is 0 Å². The van der Waals surface area contributed by atoms with Crippen molar-refractivity contribution in [2.75, 3.05) is 14.2 Å². The molecular weight excluding hydrogens is 176 g/mol. The minimum atomic E-state index is -1.52. The number of aliphatic carboxylic acids is 1. The molecule has 5 nitrogen and oxygen atoms in total. The Bertz CT molecular complexity index is 173. The Morgan fingerprint density at radius 3 is 1.92 bits per heavy atom. The predicted molar refractivity (Wildman–Crippen MR) is 45.2 cm³/mol. The van der Waals surface area contributed by atoms with E-state index in [1.165, 1.54) is 14.2 Å². The fourth-order valence-electron chi connectivity index (χ4n) is 1.15. The van der Waals surface area contributed by atoms with E-state index in [0.29, 0.717) is 0 Å². The number of methoxy groups -OCH3 is 2. The summed E-state index contributed by atoms with van der Waals surface area (Å²) in [6, 6.07) is 0. The molecule has 0 saturated heterocycles. The molecule has 2 N–H and O–H groups in total. The first-order chi connectivity index (χ1) is 5.87. The van der Waals surface area contributed by atoms with Crippen molar-refractivity contribution in [1.82, 2.24) is 0 Å². The summed E-state index contributed by atoms with van der Waals surface area (Å²) in [5.41, 5.74) is -0.991. The van der Waals surface area contributed by atoms with Crippen LogP contribution in [0.3, 0.4) is 0 Å². The Labute approximate surface area is 77.3 Å². The third kappa shape index (κ3) is 2.65. The van der Waals surface area contributed by atoms with Crippen LogP contribution in [0.2, 0.25) is 0 Å². The number of rotatable bonds is 5. The van der Waals surface area contributed by atoms with Gasteiger partial charge in [-0.15, -0.1) is 0 Å². The first kappa shape index (κ1) is 12.3. The molecule has 0 aromatic rings. The monoisotopic (exact) mass is 192 g/mol. The summed E-state index contributed by atoms with van der Waals surface area (Å²) in [6.45, 7) is 3.12. The third-order valence-electron chi connectivity index (χ3n) is 1.97. The maximum atomic E-state index is 10.5. The van der Waals surface area contributed by atoms with Crippen LogP contribution in [0.4, 0.5) is 0 Å². The zero-order valence-corrected chi connectivity index (χ0v) is 8.27. The van der Waals surface area contributed by atoms with Crippen LogP contribution >= 0.6 is 0 Å². The number of aliphatic hydroxyl groups excluding tert-OH is 1. The molecule has 1 atom stereocenters. The van der Waals surface area contributed by atoms with Gasteiger partial charge in [0, 0.05) is 14.2 Å². The van der Waals surface area contributed by atoms with Gasteiger partial charge < -0.3 is 19.7 Å². The Balaban J connectivity index is 4.60. The molecule has 0 aliphatic rings. The standard InChI is InChI=1S/C8H16O5/c1-8(2,5(9)6(10)11)7(12-3)13-4/h5,7,9H,1-4H3,(H,10,11). The van der Waals surface area contributed by atoms with E-state index in [1.807, 2.05) is 0 Å². The number of hydrogen-bond acceptors (Lipinski definition) is 4. The molecule has 1 unspecified atom stereocenters. The van der Waals surface area contributed by atoms with Crippen LogP contribution < -0.4 is 0 Å². The summed E-state index contributed by atoms with van der Waals surface area (Å²) in [5, 5.41) is 17.9. The number of hydrogen-bond donors (Lipinski definition) is 2. The molecule has 0 heterocycles. The van der Waals surface area contributed by atoms with Crippen LogP contribution in [0.1, 0.15) is 13.8 Å². The predicted octanol–water partition coefficient (Wildman–Crippen LogP) is 0.0770. The second kappa shape index (κ2) is 4.55. The maximum Gasteiger partial charge on any atom is 0.333 e. The van der Waals surface area contributed by atoms with Crippen LogP contribution in [-0.2, 0) is 14.3 Å². The number of carboxylic acids is 1. The summed E-state index contributed by atoms with van der Waals surface area (Å²) >= 11 is 0. The fraction of sp³-hybridized carbons (Fsp3) is 0.875. The summed E-state index contributed by atoms with van der Waals surface area (Å²) < 4.78 is 9.78. The van der Waals surface area contributed by atoms with E-state index in [1.54, 1.807) is 13.8 Å². The average molecular weight is 192 g/mol. The van der Waals surface area contributed by atoms with Crippen LogP contribution in [-0.4, -0.2) is 42.8 Å². The molecule has 5 heteroatoms. The topological polar surface area (TPSA) is 76.0 Å². The van der Waals surface area contributed by atoms with Gasteiger partial charge in [0.25, 0.3) is 0 Å². The molecular formula is C8H16O5. The van der Waals surface area contributed by atoms with Crippen LogP contribution in [0.15, 0.2) is 0 Å². The number of carboxylic acid groups (broad SMARTS) is 1. The maximum absolute atomic E-state index is 10.5. The van der Waals surface area contributed by atoms with Crippen molar-refractivity contribution in [2.45, 2.75) is 26.2 Å². The zero-order chi connectivity index (χ0) is 10.6. The van der Waals surface area contributed by atoms with Crippen molar-refractivity contribution in [3.05, 3.63) is 0 Å². The van der Waals surface area contributed by atoms with Gasteiger partial charge in [-0.05, 0) is 0 Å². The first-order valence-electron chi connectivity index (χ1n) is 3.84. The van der Waals surface area contributed by atoms with Crippen LogP contribution in [0, 0.1) is 5.41 Å². The quantitative estimate of drug-likeness (QED) is 0.603. The molecule has 13 heavy (non-hydrogen) atoms. The minimum absolute atomic E-state index is 0.751. The Morgan fingerprint density at radius 1 is 1.31 bits per heavy atom. The van der Waals surface area contributed by atoms with Gasteiger partial charge >= 0.3 is 5.97 Å². The van der Waals surface area contributed by atoms with Crippen LogP contribution in [0.25, 0.3) is 0 Å². The summed E-state index contributed by atoms with van der Waals surface area (Å²) in [5.74, 6) is -1.29. The van der Waals surface area contributed by atoms with E-state index in [4.69, 9.17) is 14.6 Å². The van der Waals surface area contributed by atoms with Gasteiger partial charge in [0.15, 0.2) is 12.4 Å². The summed E-state index contributed by atoms with van der Waals surface area (Å²) in [7, 11) is 2.79. The Morgan fingerprint density at radius 2 is 1.69 bits per heavy atom. The highest BCUT2D eigenvalue weighted by molar-refractivity contribution is 5.73. The lowest BCUT2D eigenvalue weighted by atomic mass is 9.85. The molecule has 0 saturated carbocycles. The van der Waals surface area contributed by atoms with E-state index in [9.17, 15) is 9.90 Å². The van der Waals surface area contributed by atoms with Crippen molar-refractivity contribution in [1.29, 1.82) is 0 Å². The smallest absolute Gasteiger partial charge is 0.333 e. The molecule has 0 fully saturated rings. The van der Waals surface area contributed by atoms with E-state index < -0.39 is 23.8 Å². The zero-order valence-electron chi connectivity index (χ0n) is 8.27. The van der Waals surface area contributed by atoms with Gasteiger partial charge in [0.05, 0.1) is 5.41 Å². The van der Waals surface area contributed by atoms with Gasteiger partial charge in [-0.25, -0.2) is 4.79 Å². The molecule has 0 aliphatic carbocycles. The average Bonchev–Trinajstić information content (AvgIpc) is 2.04. The van der Waals surface area contributed by atoms with Gasteiger partial charge in [-0.3, -0.25) is 0 Å². The van der Waals surface area contributed by atoms with Crippen molar-refractivity contribution in [3.63, 3.8) is 0 Å². The number of carbonyl (C=O) groups is 1. The van der Waals surface area contributed by atoms with E-state index >= 15 is 0 Å². The molecule has 0 rings (SSSR count). The molecule has 0 spiro atoms. The second-order valence-corrected chi connectivity index (χ2v) is 3.37. The first-order valence-corrected chi connectivity index (χ1v) is 3.84. The highest BCUT2D eigenvalue weighted by atomic mass is 16.7. The highest BCUT2D eigenvalue weighted by Crippen LogP contribution is 2.28. The van der Waals surface area contributed by atoms with Crippen LogP contribution in [0.5, 0.6) is 0 Å². The van der Waals surface area contributed by atoms with E-state index in [2.05, 4.69) is 0 Å². The molecule has 0 aromatic carbocycles. The molecule has 78 valence electrons. The molecule has 0 radical (unpaired) electrons. The Kier molecular flexibility index (Phi) is 4.32.